The molecule has 0 aromatic heterocycles. The Morgan fingerprint density at radius 3 is 2.92 bits per heavy atom. The van der Waals surface area contributed by atoms with E-state index < -0.39 is 17.8 Å². The number of carbonyl (C=O) groups is 3. The van der Waals surface area contributed by atoms with Gasteiger partial charge in [-0.1, -0.05) is 12.1 Å². The van der Waals surface area contributed by atoms with E-state index in [1.54, 1.807) is 24.3 Å². The van der Waals surface area contributed by atoms with Crippen LogP contribution in [0.4, 0.5) is 0 Å². The third kappa shape index (κ3) is 5.77. The van der Waals surface area contributed by atoms with E-state index in [4.69, 9.17) is 10.5 Å². The monoisotopic (exact) mass is 362 g/mol. The number of amides is 2. The van der Waals surface area contributed by atoms with Crippen molar-refractivity contribution in [3.8, 4) is 5.75 Å². The molecule has 0 aliphatic carbocycles. The maximum atomic E-state index is 11.6. The maximum Gasteiger partial charge on any atom is 0.331 e. The molecular formula is C15H14N4O5S. The molecule has 25 heavy (non-hydrogen) atoms. The largest absolute Gasteiger partial charge is 0.484 e. The Morgan fingerprint density at radius 2 is 2.20 bits per heavy atom. The molecule has 1 aliphatic rings. The molecule has 0 atom stereocenters. The van der Waals surface area contributed by atoms with Crippen LogP contribution in [0.25, 0.3) is 0 Å². The van der Waals surface area contributed by atoms with Crippen LogP contribution in [0.1, 0.15) is 5.56 Å². The summed E-state index contributed by atoms with van der Waals surface area (Å²) >= 11 is 0.972. The molecule has 1 aromatic rings. The highest BCUT2D eigenvalue weighted by atomic mass is 32.2. The van der Waals surface area contributed by atoms with Gasteiger partial charge in [0.2, 0.25) is 0 Å². The summed E-state index contributed by atoms with van der Waals surface area (Å²) in [7, 11) is 1.22. The quantitative estimate of drug-likeness (QED) is 0.321. The Kier molecular flexibility index (Phi) is 6.29. The van der Waals surface area contributed by atoms with Crippen molar-refractivity contribution in [2.24, 2.45) is 15.9 Å². The van der Waals surface area contributed by atoms with Gasteiger partial charge in [-0.25, -0.2) is 4.79 Å². The lowest BCUT2D eigenvalue weighted by Crippen LogP contribution is -2.20. The minimum atomic E-state index is -0.629. The third-order valence-electron chi connectivity index (χ3n) is 2.70. The fourth-order valence-electron chi connectivity index (χ4n) is 1.63. The summed E-state index contributed by atoms with van der Waals surface area (Å²) in [6.07, 6.45) is 2.52. The van der Waals surface area contributed by atoms with Crippen molar-refractivity contribution in [2.45, 2.75) is 0 Å². The molecule has 1 aliphatic heterocycles. The van der Waals surface area contributed by atoms with E-state index in [9.17, 15) is 14.4 Å². The van der Waals surface area contributed by atoms with Crippen LogP contribution in [0, 0.1) is 0 Å². The Balaban J connectivity index is 2.01. The lowest BCUT2D eigenvalue weighted by Gasteiger charge is -2.03. The van der Waals surface area contributed by atoms with Gasteiger partial charge in [-0.2, -0.15) is 5.10 Å². The average Bonchev–Trinajstić information content (AvgIpc) is 2.93. The zero-order valence-corrected chi connectivity index (χ0v) is 13.9. The van der Waals surface area contributed by atoms with Gasteiger partial charge in [0, 0.05) is 6.08 Å². The van der Waals surface area contributed by atoms with E-state index in [0.717, 1.165) is 17.8 Å². The minimum Gasteiger partial charge on any atom is -0.484 e. The molecular weight excluding hydrogens is 348 g/mol. The summed E-state index contributed by atoms with van der Waals surface area (Å²) in [4.78, 5) is 33.7. The van der Waals surface area contributed by atoms with Crippen molar-refractivity contribution in [3.05, 3.63) is 40.8 Å². The number of esters is 1. The van der Waals surface area contributed by atoms with E-state index in [-0.39, 0.29) is 16.7 Å². The second-order valence-electron chi connectivity index (χ2n) is 4.57. The van der Waals surface area contributed by atoms with Gasteiger partial charge in [0.1, 0.15) is 5.75 Å². The fourth-order valence-corrected chi connectivity index (χ4v) is 2.37. The van der Waals surface area contributed by atoms with Crippen LogP contribution in [0.15, 0.2) is 45.4 Å². The van der Waals surface area contributed by atoms with Gasteiger partial charge in [-0.15, -0.1) is 5.10 Å². The Hall–Kier alpha value is -3.14. The average molecular weight is 362 g/mol. The Bertz CT molecular complexity index is 788. The van der Waals surface area contributed by atoms with Crippen LogP contribution in [0.5, 0.6) is 5.75 Å². The third-order valence-corrected chi connectivity index (χ3v) is 3.60. The number of primary amides is 1. The number of ether oxygens (including phenoxy) is 2. The van der Waals surface area contributed by atoms with Gasteiger partial charge in [0.05, 0.1) is 18.2 Å². The Morgan fingerprint density at radius 1 is 1.40 bits per heavy atom. The van der Waals surface area contributed by atoms with Crippen LogP contribution < -0.4 is 15.8 Å². The SMILES string of the molecule is COC(=O)/C=C1/S/C(=N\N=Cc2cccc(OCC(N)=O)c2)NC1=O. The summed E-state index contributed by atoms with van der Waals surface area (Å²) in [6.45, 7) is -0.221. The number of nitrogens with one attached hydrogen (secondary N) is 1. The van der Waals surface area contributed by atoms with E-state index in [1.165, 1.54) is 13.3 Å². The molecule has 2 amide bonds. The van der Waals surface area contributed by atoms with Crippen LogP contribution in [-0.2, 0) is 19.1 Å². The molecule has 130 valence electrons. The summed E-state index contributed by atoms with van der Waals surface area (Å²) in [6, 6.07) is 6.79. The number of thioether (sulfide) groups is 1. The van der Waals surface area contributed by atoms with Crippen molar-refractivity contribution < 1.29 is 23.9 Å². The van der Waals surface area contributed by atoms with Crippen molar-refractivity contribution in [1.82, 2.24) is 5.32 Å². The Labute approximate surface area is 147 Å². The molecule has 3 N–H and O–H groups in total. The highest BCUT2D eigenvalue weighted by Crippen LogP contribution is 2.23. The molecule has 1 aromatic carbocycles. The zero-order valence-electron chi connectivity index (χ0n) is 13.1. The lowest BCUT2D eigenvalue weighted by atomic mass is 10.2. The molecule has 0 spiro atoms. The first kappa shape index (κ1) is 18.2. The van der Waals surface area contributed by atoms with Crippen molar-refractivity contribution >= 4 is 40.9 Å². The summed E-state index contributed by atoms with van der Waals surface area (Å²) in [5.74, 6) is -1.20. The second-order valence-corrected chi connectivity index (χ2v) is 5.60. The number of amidine groups is 1. The van der Waals surface area contributed by atoms with Crippen LogP contribution in [0.3, 0.4) is 0 Å². The molecule has 1 saturated heterocycles. The molecule has 9 nitrogen and oxygen atoms in total. The first-order valence-electron chi connectivity index (χ1n) is 6.89. The zero-order chi connectivity index (χ0) is 18.2. The number of methoxy groups -OCH3 is 1. The number of nitrogens with zero attached hydrogens (tertiary/aromatic N) is 2. The van der Waals surface area contributed by atoms with Crippen LogP contribution >= 0.6 is 11.8 Å². The first-order chi connectivity index (χ1) is 12.0. The van der Waals surface area contributed by atoms with Gasteiger partial charge in [-0.3, -0.25) is 14.9 Å². The van der Waals surface area contributed by atoms with Gasteiger partial charge in [0.25, 0.3) is 11.8 Å². The van der Waals surface area contributed by atoms with Crippen molar-refractivity contribution in [2.75, 3.05) is 13.7 Å². The van der Waals surface area contributed by atoms with Gasteiger partial charge >= 0.3 is 5.97 Å². The smallest absolute Gasteiger partial charge is 0.331 e. The summed E-state index contributed by atoms with van der Waals surface area (Å²) in [5.41, 5.74) is 5.68. The lowest BCUT2D eigenvalue weighted by molar-refractivity contribution is -0.135. The molecule has 0 bridgehead atoms. The molecule has 0 radical (unpaired) electrons. The van der Waals surface area contributed by atoms with Gasteiger partial charge in [0.15, 0.2) is 11.8 Å². The first-order valence-corrected chi connectivity index (χ1v) is 7.70. The number of hydrogen-bond donors (Lipinski definition) is 2. The van der Waals surface area contributed by atoms with Gasteiger partial charge in [-0.05, 0) is 29.5 Å². The minimum absolute atomic E-state index is 0.169. The van der Waals surface area contributed by atoms with Crippen molar-refractivity contribution in [1.29, 1.82) is 0 Å². The van der Waals surface area contributed by atoms with Crippen LogP contribution in [0.2, 0.25) is 0 Å². The highest BCUT2D eigenvalue weighted by molar-refractivity contribution is 8.18. The van der Waals surface area contributed by atoms with E-state index in [0.29, 0.717) is 11.3 Å². The highest BCUT2D eigenvalue weighted by Gasteiger charge is 2.24. The number of rotatable bonds is 6. The predicted octanol–water partition coefficient (Wildman–Crippen LogP) is 0.161. The molecule has 10 heteroatoms. The molecule has 1 heterocycles. The fraction of sp³-hybridized carbons (Fsp3) is 0.133. The standard InChI is InChI=1S/C15H14N4O5S/c1-23-13(21)6-11-14(22)18-15(25-11)19-17-7-9-3-2-4-10(5-9)24-8-12(16)20/h2-7H,8H2,1H3,(H2,16,20)(H,18,19,22)/b11-6+,17-7?. The van der Waals surface area contributed by atoms with E-state index >= 15 is 0 Å². The maximum absolute atomic E-state index is 11.6. The molecule has 2 rings (SSSR count). The van der Waals surface area contributed by atoms with Crippen LogP contribution in [-0.4, -0.2) is 42.9 Å². The van der Waals surface area contributed by atoms with E-state index in [2.05, 4.69) is 20.3 Å². The van der Waals surface area contributed by atoms with Gasteiger partial charge < -0.3 is 15.2 Å². The summed E-state index contributed by atoms with van der Waals surface area (Å²) in [5, 5.41) is 10.4. The molecule has 0 saturated carbocycles. The number of hydrogen-bond acceptors (Lipinski definition) is 8. The summed E-state index contributed by atoms with van der Waals surface area (Å²) < 4.78 is 9.64. The molecule has 0 unspecified atom stereocenters. The number of nitrogens with two attached hydrogens (primary N) is 1. The topological polar surface area (TPSA) is 132 Å². The molecule has 1 fully saturated rings. The second kappa shape index (κ2) is 8.64. The number of benzene rings is 1. The normalized spacial score (nSPS) is 17.1. The van der Waals surface area contributed by atoms with E-state index in [1.807, 2.05) is 0 Å². The van der Waals surface area contributed by atoms with Crippen molar-refractivity contribution in [3.63, 3.8) is 0 Å². The predicted molar refractivity (Wildman–Crippen MR) is 92.0 cm³/mol. The number of carbonyl (C=O) groups excluding carboxylic acids is 3.